The second-order valence-electron chi connectivity index (χ2n) is 5.32. The lowest BCUT2D eigenvalue weighted by Gasteiger charge is -2.23. The third-order valence-electron chi connectivity index (χ3n) is 3.92. The third-order valence-corrected chi connectivity index (χ3v) is 3.92. The number of piperidine rings is 1. The number of aliphatic hydroxyl groups is 1. The first kappa shape index (κ1) is 13.8. The monoisotopic (exact) mass is 256 g/mol. The molecule has 104 valence electrons. The average Bonchev–Trinajstić information content (AvgIpc) is 2.81. The molecular weight excluding hydrogens is 232 g/mol. The van der Waals surface area contributed by atoms with E-state index in [2.05, 4.69) is 10.6 Å². The standard InChI is InChI=1S/C13H24N2O3/c16-12-3-1-2-10(12)8-15-13(17)9-18-11-4-6-14-7-5-11/h10-12,14,16H,1-9H2,(H,15,17). The number of amides is 1. The van der Waals surface area contributed by atoms with Gasteiger partial charge in [-0.15, -0.1) is 0 Å². The van der Waals surface area contributed by atoms with Gasteiger partial charge in [0.1, 0.15) is 6.61 Å². The lowest BCUT2D eigenvalue weighted by molar-refractivity contribution is -0.128. The first-order valence-corrected chi connectivity index (χ1v) is 7.03. The number of ether oxygens (including phenoxy) is 1. The van der Waals surface area contributed by atoms with Gasteiger partial charge in [-0.2, -0.15) is 0 Å². The van der Waals surface area contributed by atoms with E-state index in [1.807, 2.05) is 0 Å². The van der Waals surface area contributed by atoms with E-state index < -0.39 is 0 Å². The molecule has 1 aliphatic carbocycles. The zero-order valence-electron chi connectivity index (χ0n) is 10.9. The van der Waals surface area contributed by atoms with Gasteiger partial charge in [-0.1, -0.05) is 6.42 Å². The summed E-state index contributed by atoms with van der Waals surface area (Å²) in [6, 6.07) is 0. The molecule has 1 amide bonds. The maximum absolute atomic E-state index is 11.6. The van der Waals surface area contributed by atoms with E-state index in [1.54, 1.807) is 0 Å². The molecular formula is C13H24N2O3. The largest absolute Gasteiger partial charge is 0.393 e. The second kappa shape index (κ2) is 7.07. The Bertz CT molecular complexity index is 267. The Morgan fingerprint density at radius 1 is 1.28 bits per heavy atom. The van der Waals surface area contributed by atoms with E-state index in [0.29, 0.717) is 6.54 Å². The molecule has 1 heterocycles. The first-order valence-electron chi connectivity index (χ1n) is 7.03. The molecule has 0 aromatic rings. The van der Waals surface area contributed by atoms with Gasteiger partial charge in [0.05, 0.1) is 12.2 Å². The van der Waals surface area contributed by atoms with Crippen molar-refractivity contribution in [3.05, 3.63) is 0 Å². The predicted molar refractivity (Wildman–Crippen MR) is 68.2 cm³/mol. The molecule has 1 aliphatic heterocycles. The van der Waals surface area contributed by atoms with Crippen LogP contribution in [0.25, 0.3) is 0 Å². The van der Waals surface area contributed by atoms with Gasteiger partial charge < -0.3 is 20.5 Å². The van der Waals surface area contributed by atoms with Crippen LogP contribution in [0.15, 0.2) is 0 Å². The fourth-order valence-electron chi connectivity index (χ4n) is 2.71. The van der Waals surface area contributed by atoms with E-state index in [-0.39, 0.29) is 30.6 Å². The molecule has 0 aromatic carbocycles. The zero-order chi connectivity index (χ0) is 12.8. The highest BCUT2D eigenvalue weighted by Gasteiger charge is 2.25. The minimum atomic E-state index is -0.240. The Hall–Kier alpha value is -0.650. The Morgan fingerprint density at radius 3 is 2.72 bits per heavy atom. The van der Waals surface area contributed by atoms with Crippen molar-refractivity contribution in [2.45, 2.75) is 44.3 Å². The predicted octanol–water partition coefficient (Wildman–Crippen LogP) is 0.0322. The van der Waals surface area contributed by atoms with Crippen LogP contribution in [0.4, 0.5) is 0 Å². The van der Waals surface area contributed by atoms with Crippen molar-refractivity contribution in [3.8, 4) is 0 Å². The van der Waals surface area contributed by atoms with Crippen LogP contribution in [-0.4, -0.2) is 49.5 Å². The number of rotatable bonds is 5. The Kier molecular flexibility index (Phi) is 5.41. The summed E-state index contributed by atoms with van der Waals surface area (Å²) in [6.45, 7) is 2.67. The Balaban J connectivity index is 1.57. The van der Waals surface area contributed by atoms with E-state index in [1.165, 1.54) is 0 Å². The number of hydrogen-bond acceptors (Lipinski definition) is 4. The topological polar surface area (TPSA) is 70.6 Å². The highest BCUT2D eigenvalue weighted by atomic mass is 16.5. The summed E-state index contributed by atoms with van der Waals surface area (Å²) in [4.78, 5) is 11.6. The molecule has 18 heavy (non-hydrogen) atoms. The van der Waals surface area contributed by atoms with Crippen LogP contribution >= 0.6 is 0 Å². The fraction of sp³-hybridized carbons (Fsp3) is 0.923. The molecule has 2 rings (SSSR count). The van der Waals surface area contributed by atoms with E-state index >= 15 is 0 Å². The quantitative estimate of drug-likeness (QED) is 0.649. The van der Waals surface area contributed by atoms with Gasteiger partial charge in [0.15, 0.2) is 0 Å². The van der Waals surface area contributed by atoms with Gasteiger partial charge in [0, 0.05) is 12.5 Å². The van der Waals surface area contributed by atoms with Gasteiger partial charge in [-0.05, 0) is 38.8 Å². The summed E-state index contributed by atoms with van der Waals surface area (Å²) in [6.07, 6.45) is 4.88. The van der Waals surface area contributed by atoms with Crippen LogP contribution in [0.5, 0.6) is 0 Å². The molecule has 0 bridgehead atoms. The summed E-state index contributed by atoms with van der Waals surface area (Å²) in [5, 5.41) is 15.8. The Labute approximate surface area is 108 Å². The zero-order valence-corrected chi connectivity index (χ0v) is 10.9. The van der Waals surface area contributed by atoms with E-state index in [4.69, 9.17) is 4.74 Å². The molecule has 2 atom stereocenters. The van der Waals surface area contributed by atoms with Crippen LogP contribution in [0, 0.1) is 5.92 Å². The van der Waals surface area contributed by atoms with Crippen molar-refractivity contribution >= 4 is 5.91 Å². The van der Waals surface area contributed by atoms with E-state index in [0.717, 1.165) is 45.2 Å². The molecule has 5 heteroatoms. The van der Waals surface area contributed by atoms with Crippen LogP contribution in [0.2, 0.25) is 0 Å². The third kappa shape index (κ3) is 4.23. The van der Waals surface area contributed by atoms with Gasteiger partial charge in [-0.25, -0.2) is 0 Å². The lowest BCUT2D eigenvalue weighted by atomic mass is 10.1. The normalized spacial score (nSPS) is 29.4. The molecule has 2 fully saturated rings. The highest BCUT2D eigenvalue weighted by Crippen LogP contribution is 2.24. The summed E-state index contributed by atoms with van der Waals surface area (Å²) in [7, 11) is 0. The van der Waals surface area contributed by atoms with Crippen LogP contribution in [-0.2, 0) is 9.53 Å². The molecule has 0 aromatic heterocycles. The van der Waals surface area contributed by atoms with Crippen LogP contribution < -0.4 is 10.6 Å². The highest BCUT2D eigenvalue weighted by molar-refractivity contribution is 5.77. The molecule has 1 saturated heterocycles. The summed E-state index contributed by atoms with van der Waals surface area (Å²) in [5.74, 6) is 0.167. The van der Waals surface area contributed by atoms with Gasteiger partial charge in [0.25, 0.3) is 0 Å². The van der Waals surface area contributed by atoms with Crippen molar-refractivity contribution in [2.75, 3.05) is 26.2 Å². The van der Waals surface area contributed by atoms with Crippen molar-refractivity contribution < 1.29 is 14.6 Å². The average molecular weight is 256 g/mol. The van der Waals surface area contributed by atoms with E-state index in [9.17, 15) is 9.90 Å². The molecule has 2 aliphatic rings. The number of nitrogens with one attached hydrogen (secondary N) is 2. The molecule has 0 spiro atoms. The maximum atomic E-state index is 11.6. The SMILES string of the molecule is O=C(COC1CCNCC1)NCC1CCCC1O. The van der Waals surface area contributed by atoms with Crippen molar-refractivity contribution in [1.82, 2.24) is 10.6 Å². The summed E-state index contributed by atoms with van der Waals surface area (Å²) < 4.78 is 5.57. The Morgan fingerprint density at radius 2 is 2.06 bits per heavy atom. The smallest absolute Gasteiger partial charge is 0.246 e. The van der Waals surface area contributed by atoms with Crippen molar-refractivity contribution in [2.24, 2.45) is 5.92 Å². The molecule has 5 nitrogen and oxygen atoms in total. The van der Waals surface area contributed by atoms with Crippen molar-refractivity contribution in [3.63, 3.8) is 0 Å². The minimum Gasteiger partial charge on any atom is -0.393 e. The number of aliphatic hydroxyl groups excluding tert-OH is 1. The number of hydrogen-bond donors (Lipinski definition) is 3. The summed E-state index contributed by atoms with van der Waals surface area (Å²) in [5.41, 5.74) is 0. The lowest BCUT2D eigenvalue weighted by Crippen LogP contribution is -2.38. The second-order valence-corrected chi connectivity index (χ2v) is 5.32. The fourth-order valence-corrected chi connectivity index (χ4v) is 2.71. The van der Waals surface area contributed by atoms with Gasteiger partial charge in [-0.3, -0.25) is 4.79 Å². The number of carbonyl (C=O) groups excluding carboxylic acids is 1. The summed E-state index contributed by atoms with van der Waals surface area (Å²) >= 11 is 0. The van der Waals surface area contributed by atoms with Gasteiger partial charge >= 0.3 is 0 Å². The van der Waals surface area contributed by atoms with Crippen LogP contribution in [0.3, 0.4) is 0 Å². The number of carbonyl (C=O) groups is 1. The maximum Gasteiger partial charge on any atom is 0.246 e. The molecule has 1 saturated carbocycles. The molecule has 2 unspecified atom stereocenters. The molecule has 0 radical (unpaired) electrons. The van der Waals surface area contributed by atoms with Crippen LogP contribution in [0.1, 0.15) is 32.1 Å². The van der Waals surface area contributed by atoms with Crippen molar-refractivity contribution in [1.29, 1.82) is 0 Å². The molecule has 3 N–H and O–H groups in total. The first-order chi connectivity index (χ1) is 8.75. The minimum absolute atomic E-state index is 0.0624. The van der Waals surface area contributed by atoms with Gasteiger partial charge in [0.2, 0.25) is 5.91 Å².